The van der Waals surface area contributed by atoms with Crippen LogP contribution < -0.4 is 18.9 Å². The molecule has 3 saturated heterocycles. The molecular weight excluding hydrogens is 602 g/mol. The van der Waals surface area contributed by atoms with Crippen molar-refractivity contribution in [3.8, 4) is 34.8 Å². The number of piperazine rings is 1. The van der Waals surface area contributed by atoms with Crippen molar-refractivity contribution in [2.45, 2.75) is 68.6 Å². The van der Waals surface area contributed by atoms with E-state index in [0.29, 0.717) is 58.2 Å². The van der Waals surface area contributed by atoms with Crippen molar-refractivity contribution in [3.63, 3.8) is 0 Å². The van der Waals surface area contributed by atoms with Gasteiger partial charge in [-0.3, -0.25) is 19.4 Å². The second-order valence-corrected chi connectivity index (χ2v) is 13.9. The molecule has 2 aromatic rings. The summed E-state index contributed by atoms with van der Waals surface area (Å²) < 4.78 is 29.2. The Labute approximate surface area is 263 Å². The molecule has 0 aromatic heterocycles. The molecule has 0 radical (unpaired) electrons. The molecule has 0 amide bonds. The van der Waals surface area contributed by atoms with Gasteiger partial charge in [0, 0.05) is 53.7 Å². The van der Waals surface area contributed by atoms with Crippen molar-refractivity contribution in [2.24, 2.45) is 0 Å². The van der Waals surface area contributed by atoms with Crippen LogP contribution in [0.3, 0.4) is 0 Å². The van der Waals surface area contributed by atoms with Crippen LogP contribution in [-0.4, -0.2) is 77.0 Å². The number of phenolic OH excluding ortho intramolecular Hbond substituents is 1. The van der Waals surface area contributed by atoms with Crippen molar-refractivity contribution >= 4 is 29.5 Å². The number of aryl methyl sites for hydroxylation is 1. The highest BCUT2D eigenvalue weighted by Gasteiger charge is 2.72. The molecule has 1 N–H and O–H groups in total. The first kappa shape index (κ1) is 28.5. The molecule has 234 valence electrons. The molecule has 0 saturated carbocycles. The summed E-state index contributed by atoms with van der Waals surface area (Å²) in [5, 5.41) is 22.3. The van der Waals surface area contributed by atoms with Crippen LogP contribution >= 0.6 is 11.8 Å². The van der Waals surface area contributed by atoms with Crippen LogP contribution in [0.4, 0.5) is 0 Å². The van der Waals surface area contributed by atoms with Crippen LogP contribution in [0.5, 0.6) is 28.7 Å². The molecule has 8 rings (SSSR count). The predicted octanol–water partition coefficient (Wildman–Crippen LogP) is 3.25. The Balaban J connectivity index is 1.48. The fourth-order valence-corrected chi connectivity index (χ4v) is 10.3. The lowest BCUT2D eigenvalue weighted by atomic mass is 9.72. The number of thioether (sulfide) groups is 1. The van der Waals surface area contributed by atoms with E-state index in [9.17, 15) is 24.8 Å². The SMILES string of the molecule is COc1c(C)cc2c(c1O)[C@@H]1C3[C@@H]4SCC(=O)C(=O)OC[C@@H](c5c6c(c(C)c(OC(C)=O)c54)OCO6)N3[C@@]3(C#N)CN1C2(C)C3. The number of Topliss-reactive ketones (excluding diaryl/α,β-unsaturated/α-hetero) is 1. The molecule has 45 heavy (non-hydrogen) atoms. The summed E-state index contributed by atoms with van der Waals surface area (Å²) in [4.78, 5) is 42.8. The third-order valence-electron chi connectivity index (χ3n) is 10.5. The number of phenols is 1. The predicted molar refractivity (Wildman–Crippen MR) is 157 cm³/mol. The maximum Gasteiger partial charge on any atom is 0.375 e. The van der Waals surface area contributed by atoms with E-state index in [1.807, 2.05) is 13.0 Å². The number of carbonyl (C=O) groups excluding carboxylic acids is 3. The highest BCUT2D eigenvalue weighted by Crippen LogP contribution is 2.71. The normalized spacial score (nSPS) is 32.4. The maximum atomic E-state index is 13.0. The van der Waals surface area contributed by atoms with Gasteiger partial charge in [-0.1, -0.05) is 0 Å². The zero-order chi connectivity index (χ0) is 31.7. The van der Waals surface area contributed by atoms with Crippen LogP contribution in [0.15, 0.2) is 6.07 Å². The monoisotopic (exact) mass is 633 g/mol. The number of hydrogen-bond donors (Lipinski definition) is 1. The molecule has 6 aliphatic heterocycles. The summed E-state index contributed by atoms with van der Waals surface area (Å²) in [6, 6.07) is 2.98. The first-order valence-electron chi connectivity index (χ1n) is 14.8. The number of carbonyl (C=O) groups is 3. The molecule has 6 heterocycles. The highest BCUT2D eigenvalue weighted by molar-refractivity contribution is 8.00. The molecule has 13 heteroatoms. The Hall–Kier alpha value is -3.99. The number of ketones is 1. The van der Waals surface area contributed by atoms with Gasteiger partial charge in [-0.2, -0.15) is 5.26 Å². The number of rotatable bonds is 2. The molecule has 4 bridgehead atoms. The molecule has 0 spiro atoms. The summed E-state index contributed by atoms with van der Waals surface area (Å²) in [5.41, 5.74) is 2.60. The van der Waals surface area contributed by atoms with Gasteiger partial charge in [0.15, 0.2) is 23.0 Å². The second-order valence-electron chi connectivity index (χ2n) is 12.8. The lowest BCUT2D eigenvalue weighted by Gasteiger charge is -2.58. The van der Waals surface area contributed by atoms with Crippen molar-refractivity contribution in [1.82, 2.24) is 9.80 Å². The van der Waals surface area contributed by atoms with Crippen LogP contribution in [0, 0.1) is 25.2 Å². The van der Waals surface area contributed by atoms with E-state index in [1.165, 1.54) is 25.8 Å². The second kappa shape index (κ2) is 9.28. The standard InChI is InChI=1S/C32H31N3O9S/c1-13-6-16-19(24(38)25(13)40-5)22-23-29-21-20(28-27(42-12-43-28)14(2)26(21)44-15(3)36)17(7-41-30(39)18(37)8-45-29)35(23)32(10-33)9-31(16,4)34(22)11-32/h6,17,22-23,29,38H,7-9,11-12H2,1-5H3/t17-,22+,23?,29+,31?,32-/m0/s1. The molecular formula is C32H31N3O9S. The van der Waals surface area contributed by atoms with Gasteiger partial charge in [0.2, 0.25) is 12.6 Å². The molecule has 6 atom stereocenters. The number of nitrogens with zero attached hydrogens (tertiary/aromatic N) is 3. The lowest BCUT2D eigenvalue weighted by Crippen LogP contribution is -2.66. The van der Waals surface area contributed by atoms with E-state index in [4.69, 9.17) is 23.7 Å². The van der Waals surface area contributed by atoms with E-state index in [0.717, 1.165) is 11.1 Å². The van der Waals surface area contributed by atoms with Crippen molar-refractivity contribution in [2.75, 3.05) is 32.8 Å². The quantitative estimate of drug-likeness (QED) is 0.293. The fraction of sp³-hybridized carbons (Fsp3) is 0.500. The number of benzene rings is 2. The summed E-state index contributed by atoms with van der Waals surface area (Å²) in [7, 11) is 1.52. The number of nitriles is 1. The Morgan fingerprint density at radius 2 is 1.91 bits per heavy atom. The van der Waals surface area contributed by atoms with Crippen LogP contribution in [0.25, 0.3) is 0 Å². The fourth-order valence-electron chi connectivity index (χ4n) is 9.02. The topological polar surface area (TPSA) is 148 Å². The first-order chi connectivity index (χ1) is 21.5. The van der Waals surface area contributed by atoms with Gasteiger partial charge >= 0.3 is 11.9 Å². The lowest BCUT2D eigenvalue weighted by molar-refractivity contribution is -0.156. The Bertz CT molecular complexity index is 1810. The molecule has 12 nitrogen and oxygen atoms in total. The highest BCUT2D eigenvalue weighted by atomic mass is 32.2. The number of ether oxygens (including phenoxy) is 5. The molecule has 2 unspecified atom stereocenters. The Morgan fingerprint density at radius 3 is 2.62 bits per heavy atom. The van der Waals surface area contributed by atoms with Crippen LogP contribution in [-0.2, 0) is 24.7 Å². The van der Waals surface area contributed by atoms with E-state index in [2.05, 4.69) is 22.8 Å². The average molecular weight is 634 g/mol. The number of aromatic hydroxyl groups is 1. The molecule has 6 aliphatic rings. The molecule has 2 aromatic carbocycles. The minimum absolute atomic E-state index is 0.0419. The van der Waals surface area contributed by atoms with Crippen LogP contribution in [0.1, 0.15) is 71.0 Å². The van der Waals surface area contributed by atoms with Crippen molar-refractivity contribution in [1.29, 1.82) is 5.26 Å². The van der Waals surface area contributed by atoms with Gasteiger partial charge in [0.1, 0.15) is 17.9 Å². The van der Waals surface area contributed by atoms with Crippen LogP contribution in [0.2, 0.25) is 0 Å². The summed E-state index contributed by atoms with van der Waals surface area (Å²) in [5.74, 6) is -0.775. The zero-order valence-electron chi connectivity index (χ0n) is 25.4. The Kier molecular flexibility index (Phi) is 5.87. The summed E-state index contributed by atoms with van der Waals surface area (Å²) in [6.45, 7) is 7.17. The maximum absolute atomic E-state index is 13.0. The first-order valence-corrected chi connectivity index (χ1v) is 15.9. The van der Waals surface area contributed by atoms with Gasteiger partial charge < -0.3 is 28.8 Å². The number of esters is 2. The Morgan fingerprint density at radius 1 is 1.16 bits per heavy atom. The molecule has 3 fully saturated rings. The minimum Gasteiger partial charge on any atom is -0.504 e. The summed E-state index contributed by atoms with van der Waals surface area (Å²) >= 11 is 1.24. The van der Waals surface area contributed by atoms with E-state index in [1.54, 1.807) is 6.92 Å². The van der Waals surface area contributed by atoms with Gasteiger partial charge in [-0.05, 0) is 38.0 Å². The zero-order valence-corrected chi connectivity index (χ0v) is 26.2. The minimum atomic E-state index is -1.04. The van der Waals surface area contributed by atoms with E-state index >= 15 is 0 Å². The number of hydrogen-bond acceptors (Lipinski definition) is 13. The number of fused-ring (bicyclic) bond motifs is 9. The molecule has 0 aliphatic carbocycles. The average Bonchev–Trinajstić information content (AvgIpc) is 3.65. The van der Waals surface area contributed by atoms with Crippen molar-refractivity contribution in [3.05, 3.63) is 39.4 Å². The third-order valence-corrected chi connectivity index (χ3v) is 11.8. The smallest absolute Gasteiger partial charge is 0.375 e. The van der Waals surface area contributed by atoms with E-state index in [-0.39, 0.29) is 24.9 Å². The largest absolute Gasteiger partial charge is 0.504 e. The van der Waals surface area contributed by atoms with Crippen molar-refractivity contribution < 1.29 is 43.2 Å². The number of methoxy groups -OCH3 is 1. The van der Waals surface area contributed by atoms with E-state index < -0.39 is 52.2 Å². The van der Waals surface area contributed by atoms with Gasteiger partial charge in [0.05, 0.1) is 36.3 Å². The van der Waals surface area contributed by atoms with Gasteiger partial charge in [-0.25, -0.2) is 4.79 Å². The third kappa shape index (κ3) is 3.42. The van der Waals surface area contributed by atoms with Gasteiger partial charge in [0.25, 0.3) is 0 Å². The summed E-state index contributed by atoms with van der Waals surface area (Å²) in [6.07, 6.45) is 0.417. The van der Waals surface area contributed by atoms with Gasteiger partial charge in [-0.15, -0.1) is 11.8 Å². The number of cyclic esters (lactones) is 1.